The van der Waals surface area contributed by atoms with Gasteiger partial charge in [-0.2, -0.15) is 0 Å². The van der Waals surface area contributed by atoms with Gasteiger partial charge in [-0.3, -0.25) is 4.79 Å². The Labute approximate surface area is 187 Å². The lowest BCUT2D eigenvalue weighted by Crippen LogP contribution is -2.21. The average Bonchev–Trinajstić information content (AvgIpc) is 2.68. The number of carbonyl (C=O) groups is 1. The Bertz CT molecular complexity index is 984. The van der Waals surface area contributed by atoms with Gasteiger partial charge in [-0.15, -0.1) is 0 Å². The number of phenolic OH excluding ortho intramolecular Hbond substituents is 1. The second kappa shape index (κ2) is 8.74. The molecule has 2 aromatic rings. The molecule has 0 spiro atoms. The molecule has 2 aromatic carbocycles. The first-order valence-corrected chi connectivity index (χ1v) is 11.1. The molecule has 0 fully saturated rings. The summed E-state index contributed by atoms with van der Waals surface area (Å²) in [6.07, 6.45) is 5.60. The minimum absolute atomic E-state index is 0.158. The van der Waals surface area contributed by atoms with E-state index in [1.54, 1.807) is 23.8 Å². The number of halogens is 1. The van der Waals surface area contributed by atoms with Gasteiger partial charge < -0.3 is 10.4 Å². The Morgan fingerprint density at radius 1 is 1.21 bits per heavy atom. The van der Waals surface area contributed by atoms with Crippen LogP contribution in [0.3, 0.4) is 0 Å². The Morgan fingerprint density at radius 3 is 2.52 bits per heavy atom. The van der Waals surface area contributed by atoms with E-state index in [1.165, 1.54) is 17.6 Å². The first-order chi connectivity index (χ1) is 13.7. The second-order valence-corrected chi connectivity index (χ2v) is 9.42. The van der Waals surface area contributed by atoms with Gasteiger partial charge in [-0.1, -0.05) is 44.6 Å². The van der Waals surface area contributed by atoms with E-state index in [-0.39, 0.29) is 17.1 Å². The Hall–Kier alpha value is -2.08. The van der Waals surface area contributed by atoms with Gasteiger partial charge in [0.25, 0.3) is 5.91 Å². The van der Waals surface area contributed by atoms with Crippen molar-refractivity contribution in [2.24, 2.45) is 5.41 Å². The van der Waals surface area contributed by atoms with Crippen LogP contribution in [0.2, 0.25) is 0 Å². The number of hydrogen-bond acceptors (Lipinski definition) is 2. The molecule has 152 valence electrons. The van der Waals surface area contributed by atoms with E-state index in [2.05, 4.69) is 39.1 Å². The number of nitrogens with one attached hydrogen (secondary N) is 1. The molecule has 0 aromatic heterocycles. The molecule has 0 bridgehead atoms. The molecular weight excluding hydrogens is 473 g/mol. The summed E-state index contributed by atoms with van der Waals surface area (Å²) in [6.45, 7) is 9.17. The number of benzene rings is 2. The Kier molecular flexibility index (Phi) is 6.52. The quantitative estimate of drug-likeness (QED) is 0.345. The molecule has 0 radical (unpaired) electrons. The van der Waals surface area contributed by atoms with Crippen molar-refractivity contribution < 1.29 is 9.90 Å². The van der Waals surface area contributed by atoms with Crippen molar-refractivity contribution in [2.45, 2.75) is 47.0 Å². The fourth-order valence-electron chi connectivity index (χ4n) is 4.13. The zero-order chi connectivity index (χ0) is 21.2. The van der Waals surface area contributed by atoms with Crippen LogP contribution < -0.4 is 5.32 Å². The largest absolute Gasteiger partial charge is 0.507 e. The predicted molar refractivity (Wildman–Crippen MR) is 129 cm³/mol. The van der Waals surface area contributed by atoms with E-state index in [0.29, 0.717) is 14.8 Å². The van der Waals surface area contributed by atoms with Gasteiger partial charge in [0.2, 0.25) is 0 Å². The number of amides is 1. The highest BCUT2D eigenvalue weighted by molar-refractivity contribution is 14.1. The van der Waals surface area contributed by atoms with E-state index in [1.807, 2.05) is 46.9 Å². The van der Waals surface area contributed by atoms with Crippen LogP contribution in [0.5, 0.6) is 5.75 Å². The molecule has 0 aliphatic heterocycles. The lowest BCUT2D eigenvalue weighted by Gasteiger charge is -2.35. The topological polar surface area (TPSA) is 49.3 Å². The molecule has 3 nitrogen and oxygen atoms in total. The lowest BCUT2D eigenvalue weighted by molar-refractivity contribution is 0.102. The number of hydrogen-bond donors (Lipinski definition) is 2. The summed E-state index contributed by atoms with van der Waals surface area (Å²) in [5.41, 5.74) is 7.05. The van der Waals surface area contributed by atoms with E-state index >= 15 is 0 Å². The molecule has 1 amide bonds. The van der Waals surface area contributed by atoms with Crippen molar-refractivity contribution in [1.82, 2.24) is 0 Å². The molecule has 0 atom stereocenters. The maximum atomic E-state index is 12.5. The van der Waals surface area contributed by atoms with Gasteiger partial charge in [-0.05, 0) is 101 Å². The summed E-state index contributed by atoms with van der Waals surface area (Å²) < 4.78 is 0.702. The number of allylic oxidation sites excluding steroid dienone is 3. The maximum absolute atomic E-state index is 12.5. The number of anilines is 1. The number of phenols is 1. The van der Waals surface area contributed by atoms with Crippen LogP contribution in [0, 0.1) is 8.99 Å². The monoisotopic (exact) mass is 501 g/mol. The molecular formula is C25H28INO2. The molecule has 3 rings (SSSR count). The minimum Gasteiger partial charge on any atom is -0.507 e. The Balaban J connectivity index is 1.77. The predicted octanol–water partition coefficient (Wildman–Crippen LogP) is 7.18. The van der Waals surface area contributed by atoms with Gasteiger partial charge in [0.15, 0.2) is 0 Å². The summed E-state index contributed by atoms with van der Waals surface area (Å²) in [6, 6.07) is 12.7. The highest BCUT2D eigenvalue weighted by Gasteiger charge is 2.29. The average molecular weight is 501 g/mol. The molecule has 1 aliphatic carbocycles. The molecule has 0 unspecified atom stereocenters. The highest BCUT2D eigenvalue weighted by atomic mass is 127. The van der Waals surface area contributed by atoms with Gasteiger partial charge >= 0.3 is 0 Å². The van der Waals surface area contributed by atoms with Gasteiger partial charge in [0.1, 0.15) is 5.75 Å². The highest BCUT2D eigenvalue weighted by Crippen LogP contribution is 2.44. The van der Waals surface area contributed by atoms with Crippen molar-refractivity contribution in [2.75, 3.05) is 5.32 Å². The van der Waals surface area contributed by atoms with E-state index in [9.17, 15) is 9.90 Å². The summed E-state index contributed by atoms with van der Waals surface area (Å²) in [4.78, 5) is 12.5. The first-order valence-electron chi connectivity index (χ1n) is 10.0. The van der Waals surface area contributed by atoms with Crippen LogP contribution in [0.4, 0.5) is 5.69 Å². The third-order valence-corrected chi connectivity index (χ3v) is 6.71. The molecule has 0 heterocycles. The van der Waals surface area contributed by atoms with E-state index in [4.69, 9.17) is 0 Å². The fourth-order valence-corrected chi connectivity index (χ4v) is 4.65. The summed E-state index contributed by atoms with van der Waals surface area (Å²) in [5, 5.41) is 12.5. The molecule has 29 heavy (non-hydrogen) atoms. The molecule has 0 saturated heterocycles. The first kappa shape index (κ1) is 21.6. The zero-order valence-corrected chi connectivity index (χ0v) is 19.6. The standard InChI is InChI=1S/C25H28INO2/c1-5-21-16(2)19(12-13-25(21,3)4)14-17-6-8-18(9-7-17)24(29)27-20-10-11-23(28)22(26)15-20/h6-11,14-15,28H,5,12-13H2,1-4H3,(H,27,29). The van der Waals surface area contributed by atoms with Crippen LogP contribution in [0.1, 0.15) is 62.9 Å². The van der Waals surface area contributed by atoms with Crippen LogP contribution in [-0.4, -0.2) is 11.0 Å². The molecule has 4 heteroatoms. The summed E-state index contributed by atoms with van der Waals surface area (Å²) in [5.74, 6) is 0.0529. The molecule has 1 aliphatic rings. The lowest BCUT2D eigenvalue weighted by atomic mass is 9.70. The van der Waals surface area contributed by atoms with Gasteiger partial charge in [0, 0.05) is 11.3 Å². The van der Waals surface area contributed by atoms with Crippen molar-refractivity contribution in [3.63, 3.8) is 0 Å². The van der Waals surface area contributed by atoms with Crippen LogP contribution in [-0.2, 0) is 0 Å². The normalized spacial score (nSPS) is 17.5. The molecule has 2 N–H and O–H groups in total. The maximum Gasteiger partial charge on any atom is 0.255 e. The number of rotatable bonds is 4. The van der Waals surface area contributed by atoms with Crippen molar-refractivity contribution in [1.29, 1.82) is 0 Å². The van der Waals surface area contributed by atoms with Crippen LogP contribution in [0.15, 0.2) is 59.2 Å². The van der Waals surface area contributed by atoms with E-state index in [0.717, 1.165) is 18.4 Å². The number of carbonyl (C=O) groups excluding carboxylic acids is 1. The zero-order valence-electron chi connectivity index (χ0n) is 17.5. The van der Waals surface area contributed by atoms with Crippen molar-refractivity contribution >= 4 is 40.3 Å². The van der Waals surface area contributed by atoms with Crippen LogP contribution in [0.25, 0.3) is 6.08 Å². The second-order valence-electron chi connectivity index (χ2n) is 8.25. The Morgan fingerprint density at radius 2 is 1.90 bits per heavy atom. The smallest absolute Gasteiger partial charge is 0.255 e. The molecule has 0 saturated carbocycles. The third-order valence-electron chi connectivity index (χ3n) is 5.84. The van der Waals surface area contributed by atoms with E-state index < -0.39 is 0 Å². The van der Waals surface area contributed by atoms with Crippen LogP contribution >= 0.6 is 22.6 Å². The fraction of sp³-hybridized carbons (Fsp3) is 0.320. The van der Waals surface area contributed by atoms with Crippen molar-refractivity contribution in [3.8, 4) is 5.75 Å². The van der Waals surface area contributed by atoms with Crippen molar-refractivity contribution in [3.05, 3.63) is 73.9 Å². The van der Waals surface area contributed by atoms with Gasteiger partial charge in [0.05, 0.1) is 3.57 Å². The minimum atomic E-state index is -0.158. The SMILES string of the molecule is CCC1=C(C)C(=Cc2ccc(C(=O)Nc3ccc(O)c(I)c3)cc2)CCC1(C)C. The third kappa shape index (κ3) is 4.92. The summed E-state index contributed by atoms with van der Waals surface area (Å²) in [7, 11) is 0. The summed E-state index contributed by atoms with van der Waals surface area (Å²) >= 11 is 2.04. The van der Waals surface area contributed by atoms with Gasteiger partial charge in [-0.25, -0.2) is 0 Å². The number of aromatic hydroxyl groups is 1.